The molecule has 0 aliphatic rings. The average Bonchev–Trinajstić information content (AvgIpc) is 2.87. The molecular formula is C29H20BrF3N2O2. The summed E-state index contributed by atoms with van der Waals surface area (Å²) >= 11 is 3.39. The van der Waals surface area contributed by atoms with Crippen LogP contribution in [0.3, 0.4) is 0 Å². The third-order valence-corrected chi connectivity index (χ3v) is 6.22. The number of hydrogen-bond acceptors (Lipinski definition) is 3. The minimum absolute atomic E-state index is 0.0712. The third kappa shape index (κ3) is 6.19. The fraction of sp³-hybridized carbons (Fsp3) is 0.103. The standard InChI is InChI=1S/C29H20BrF3N2O2/c1-18-9-10-19-5-2-3-8-25(19)26(18)17-37-27-12-11-23(30)14-20(27)13-21(16-34)28(36)35-24-7-4-6-22(15-24)29(31,32)33/h2-15H,17H2,1H3,(H,35,36)/b21-13+. The molecule has 1 amide bonds. The van der Waals surface area contributed by atoms with Crippen molar-refractivity contribution in [2.24, 2.45) is 0 Å². The molecule has 37 heavy (non-hydrogen) atoms. The second kappa shape index (κ2) is 10.9. The number of aryl methyl sites for hydroxylation is 1. The number of anilines is 1. The lowest BCUT2D eigenvalue weighted by atomic mass is 10.0. The van der Waals surface area contributed by atoms with E-state index in [0.717, 1.165) is 34.0 Å². The largest absolute Gasteiger partial charge is 0.488 e. The van der Waals surface area contributed by atoms with Gasteiger partial charge in [0.05, 0.1) is 5.56 Å². The number of amides is 1. The summed E-state index contributed by atoms with van der Waals surface area (Å²) in [7, 11) is 0. The van der Waals surface area contributed by atoms with Gasteiger partial charge in [0.25, 0.3) is 5.91 Å². The predicted molar refractivity (Wildman–Crippen MR) is 141 cm³/mol. The molecule has 1 N–H and O–H groups in total. The Bertz CT molecular complexity index is 1560. The van der Waals surface area contributed by atoms with Gasteiger partial charge >= 0.3 is 6.18 Å². The molecule has 0 unspecified atom stereocenters. The molecule has 4 aromatic rings. The van der Waals surface area contributed by atoms with E-state index in [1.165, 1.54) is 18.2 Å². The summed E-state index contributed by atoms with van der Waals surface area (Å²) in [5.74, 6) is -0.396. The van der Waals surface area contributed by atoms with Gasteiger partial charge in [0.15, 0.2) is 0 Å². The normalized spacial score (nSPS) is 11.7. The molecule has 0 atom stereocenters. The summed E-state index contributed by atoms with van der Waals surface area (Å²) in [6.45, 7) is 2.26. The highest BCUT2D eigenvalue weighted by Crippen LogP contribution is 2.31. The van der Waals surface area contributed by atoms with Gasteiger partial charge in [-0.3, -0.25) is 4.79 Å². The fourth-order valence-electron chi connectivity index (χ4n) is 3.83. The molecule has 186 valence electrons. The Morgan fingerprint density at radius 1 is 1.05 bits per heavy atom. The first-order valence-electron chi connectivity index (χ1n) is 11.2. The smallest absolute Gasteiger partial charge is 0.416 e. The van der Waals surface area contributed by atoms with Crippen molar-refractivity contribution in [3.63, 3.8) is 0 Å². The van der Waals surface area contributed by atoms with Gasteiger partial charge in [-0.15, -0.1) is 0 Å². The zero-order chi connectivity index (χ0) is 26.6. The number of rotatable bonds is 6. The van der Waals surface area contributed by atoms with E-state index in [2.05, 4.69) is 21.2 Å². The van der Waals surface area contributed by atoms with Crippen molar-refractivity contribution in [1.29, 1.82) is 5.26 Å². The first-order valence-corrected chi connectivity index (χ1v) is 11.9. The number of benzene rings is 4. The van der Waals surface area contributed by atoms with E-state index in [1.807, 2.05) is 49.4 Å². The summed E-state index contributed by atoms with van der Waals surface area (Å²) in [6.07, 6.45) is -3.21. The molecule has 4 aromatic carbocycles. The number of alkyl halides is 3. The molecule has 4 rings (SSSR count). The molecule has 0 aromatic heterocycles. The van der Waals surface area contributed by atoms with Crippen LogP contribution in [0.2, 0.25) is 0 Å². The Morgan fingerprint density at radius 2 is 1.84 bits per heavy atom. The minimum atomic E-state index is -4.56. The van der Waals surface area contributed by atoms with Gasteiger partial charge in [0.1, 0.15) is 24.0 Å². The first-order chi connectivity index (χ1) is 17.7. The number of nitriles is 1. The maximum absolute atomic E-state index is 13.0. The van der Waals surface area contributed by atoms with E-state index >= 15 is 0 Å². The number of fused-ring (bicyclic) bond motifs is 1. The number of carbonyl (C=O) groups is 1. The molecule has 0 bridgehead atoms. The van der Waals surface area contributed by atoms with Gasteiger partial charge in [0, 0.05) is 21.3 Å². The van der Waals surface area contributed by atoms with Crippen LogP contribution in [-0.2, 0) is 17.6 Å². The van der Waals surface area contributed by atoms with Gasteiger partial charge in [-0.25, -0.2) is 0 Å². The number of nitrogens with zero attached hydrogens (tertiary/aromatic N) is 1. The van der Waals surface area contributed by atoms with Crippen LogP contribution >= 0.6 is 15.9 Å². The number of carbonyl (C=O) groups excluding carboxylic acids is 1. The van der Waals surface area contributed by atoms with Gasteiger partial charge in [-0.05, 0) is 65.7 Å². The number of nitrogens with one attached hydrogen (secondary N) is 1. The van der Waals surface area contributed by atoms with Crippen LogP contribution in [0.25, 0.3) is 16.8 Å². The van der Waals surface area contributed by atoms with Crippen LogP contribution in [0.1, 0.15) is 22.3 Å². The van der Waals surface area contributed by atoms with Crippen LogP contribution in [0.4, 0.5) is 18.9 Å². The molecule has 0 spiro atoms. The first kappa shape index (κ1) is 26.0. The van der Waals surface area contributed by atoms with E-state index in [4.69, 9.17) is 4.74 Å². The minimum Gasteiger partial charge on any atom is -0.488 e. The number of hydrogen-bond donors (Lipinski definition) is 1. The molecule has 0 fully saturated rings. The topological polar surface area (TPSA) is 62.1 Å². The number of ether oxygens (including phenoxy) is 1. The van der Waals surface area contributed by atoms with Crippen molar-refractivity contribution >= 4 is 44.4 Å². The van der Waals surface area contributed by atoms with Crippen LogP contribution in [0.15, 0.2) is 88.9 Å². The summed E-state index contributed by atoms with van der Waals surface area (Å²) in [5.41, 5.74) is 1.27. The highest BCUT2D eigenvalue weighted by Gasteiger charge is 2.30. The lowest BCUT2D eigenvalue weighted by Gasteiger charge is -2.14. The molecule has 0 saturated heterocycles. The Morgan fingerprint density at radius 3 is 2.59 bits per heavy atom. The van der Waals surface area contributed by atoms with Gasteiger partial charge in [-0.2, -0.15) is 18.4 Å². The van der Waals surface area contributed by atoms with Gasteiger partial charge in [0.2, 0.25) is 0 Å². The summed E-state index contributed by atoms with van der Waals surface area (Å²) in [6, 6.07) is 23.3. The quantitative estimate of drug-likeness (QED) is 0.190. The predicted octanol–water partition coefficient (Wildman–Crippen LogP) is 8.05. The Labute approximate surface area is 220 Å². The molecule has 4 nitrogen and oxygen atoms in total. The van der Waals surface area contributed by atoms with E-state index in [9.17, 15) is 23.2 Å². The maximum atomic E-state index is 13.0. The Balaban J connectivity index is 1.61. The van der Waals surface area contributed by atoms with Crippen molar-refractivity contribution in [1.82, 2.24) is 0 Å². The molecule has 0 radical (unpaired) electrons. The Hall–Kier alpha value is -4.09. The summed E-state index contributed by atoms with van der Waals surface area (Å²) < 4.78 is 45.9. The number of halogens is 4. The van der Waals surface area contributed by atoms with Crippen LogP contribution < -0.4 is 10.1 Å². The van der Waals surface area contributed by atoms with Gasteiger partial charge < -0.3 is 10.1 Å². The van der Waals surface area contributed by atoms with E-state index in [1.54, 1.807) is 18.2 Å². The van der Waals surface area contributed by atoms with E-state index < -0.39 is 17.6 Å². The lowest BCUT2D eigenvalue weighted by molar-refractivity contribution is -0.137. The Kier molecular flexibility index (Phi) is 7.65. The van der Waals surface area contributed by atoms with Crippen LogP contribution in [-0.4, -0.2) is 5.91 Å². The SMILES string of the molecule is Cc1ccc2ccccc2c1COc1ccc(Br)cc1/C=C(\C#N)C(=O)Nc1cccc(C(F)(F)F)c1. The van der Waals surface area contributed by atoms with Crippen molar-refractivity contribution in [2.45, 2.75) is 19.7 Å². The van der Waals surface area contributed by atoms with E-state index in [0.29, 0.717) is 15.8 Å². The zero-order valence-electron chi connectivity index (χ0n) is 19.6. The maximum Gasteiger partial charge on any atom is 0.416 e. The molecular weight excluding hydrogens is 545 g/mol. The highest BCUT2D eigenvalue weighted by atomic mass is 79.9. The van der Waals surface area contributed by atoms with Crippen molar-refractivity contribution in [2.75, 3.05) is 5.32 Å². The van der Waals surface area contributed by atoms with Crippen molar-refractivity contribution < 1.29 is 22.7 Å². The molecule has 0 aliphatic carbocycles. The molecule has 0 aliphatic heterocycles. The molecule has 8 heteroatoms. The second-order valence-electron chi connectivity index (χ2n) is 8.26. The fourth-order valence-corrected chi connectivity index (χ4v) is 4.20. The summed E-state index contributed by atoms with van der Waals surface area (Å²) in [5, 5.41) is 14.1. The highest BCUT2D eigenvalue weighted by molar-refractivity contribution is 9.10. The second-order valence-corrected chi connectivity index (χ2v) is 9.17. The van der Waals surface area contributed by atoms with Crippen molar-refractivity contribution in [3.05, 3.63) is 111 Å². The zero-order valence-corrected chi connectivity index (χ0v) is 21.2. The van der Waals surface area contributed by atoms with E-state index in [-0.39, 0.29) is 17.9 Å². The summed E-state index contributed by atoms with van der Waals surface area (Å²) in [4.78, 5) is 12.7. The van der Waals surface area contributed by atoms with Gasteiger partial charge in [-0.1, -0.05) is 58.4 Å². The third-order valence-electron chi connectivity index (χ3n) is 5.73. The average molecular weight is 565 g/mol. The molecule has 0 heterocycles. The lowest BCUT2D eigenvalue weighted by Crippen LogP contribution is -2.14. The van der Waals surface area contributed by atoms with Crippen LogP contribution in [0, 0.1) is 18.3 Å². The van der Waals surface area contributed by atoms with Crippen molar-refractivity contribution in [3.8, 4) is 11.8 Å². The molecule has 0 saturated carbocycles. The van der Waals surface area contributed by atoms with Crippen LogP contribution in [0.5, 0.6) is 5.75 Å². The monoisotopic (exact) mass is 564 g/mol.